The zero-order chi connectivity index (χ0) is 12.9. The van der Waals surface area contributed by atoms with Gasteiger partial charge in [0.05, 0.1) is 11.6 Å². The molecule has 0 saturated heterocycles. The number of pyridine rings is 1. The highest BCUT2D eigenvalue weighted by Gasteiger charge is 2.17. The van der Waals surface area contributed by atoms with Crippen molar-refractivity contribution in [3.63, 3.8) is 0 Å². The summed E-state index contributed by atoms with van der Waals surface area (Å²) in [5.41, 5.74) is 3.06. The lowest BCUT2D eigenvalue weighted by Crippen LogP contribution is -2.05. The fourth-order valence-electron chi connectivity index (χ4n) is 2.10. The molecule has 0 N–H and O–H groups in total. The van der Waals surface area contributed by atoms with Gasteiger partial charge in [-0.15, -0.1) is 0 Å². The third-order valence-electron chi connectivity index (χ3n) is 2.94. The largest absolute Gasteiger partial charge is 0.260 e. The molecule has 0 fully saturated rings. The Hall–Kier alpha value is -2.41. The van der Waals surface area contributed by atoms with Crippen molar-refractivity contribution in [3.8, 4) is 0 Å². The van der Waals surface area contributed by atoms with Crippen LogP contribution in [0.4, 0.5) is 0 Å². The van der Waals surface area contributed by atoms with Gasteiger partial charge in [0.15, 0.2) is 0 Å². The molecule has 3 aromatic rings. The van der Waals surface area contributed by atoms with Crippen LogP contribution in [0.3, 0.4) is 0 Å². The third kappa shape index (κ3) is 2.55. The van der Waals surface area contributed by atoms with Gasteiger partial charge in [-0.05, 0) is 59.7 Å². The van der Waals surface area contributed by atoms with E-state index in [2.05, 4.69) is 29.2 Å². The van der Waals surface area contributed by atoms with Crippen LogP contribution in [0.25, 0.3) is 0 Å². The maximum Gasteiger partial charge on any atom is 0.0525 e. The Morgan fingerprint density at radius 3 is 2.00 bits per heavy atom. The van der Waals surface area contributed by atoms with E-state index in [-0.39, 0.29) is 5.92 Å². The summed E-state index contributed by atoms with van der Waals surface area (Å²) in [7, 11) is 0. The van der Waals surface area contributed by atoms with Gasteiger partial charge in [-0.25, -0.2) is 0 Å². The number of aromatic nitrogens is 1. The van der Waals surface area contributed by atoms with E-state index in [0.29, 0.717) is 0 Å². The summed E-state index contributed by atoms with van der Waals surface area (Å²) in [5.74, 6) is 0.0242. The third-order valence-corrected chi connectivity index (χ3v) is 2.94. The predicted octanol–water partition coefficient (Wildman–Crippen LogP) is 3.46. The second-order valence-electron chi connectivity index (χ2n) is 4.18. The second-order valence-corrected chi connectivity index (χ2v) is 4.18. The monoisotopic (exact) mass is 241 g/mol. The van der Waals surface area contributed by atoms with Crippen LogP contribution in [0.1, 0.15) is 22.7 Å². The van der Waals surface area contributed by atoms with Crippen LogP contribution >= 0.6 is 0 Å². The Kier molecular flexibility index (Phi) is 3.37. The molecule has 0 unspecified atom stereocenters. The molecular formula is C18H11N. The van der Waals surface area contributed by atoms with Crippen molar-refractivity contribution >= 4 is 0 Å². The van der Waals surface area contributed by atoms with Crippen molar-refractivity contribution in [2.75, 3.05) is 0 Å². The summed E-state index contributed by atoms with van der Waals surface area (Å²) >= 11 is 0. The van der Waals surface area contributed by atoms with Crippen LogP contribution in [0.2, 0.25) is 0 Å². The van der Waals surface area contributed by atoms with E-state index in [9.17, 15) is 0 Å². The Morgan fingerprint density at radius 2 is 1.53 bits per heavy atom. The summed E-state index contributed by atoms with van der Waals surface area (Å²) in [4.78, 5) is 4.46. The molecule has 4 radical (unpaired) electrons. The van der Waals surface area contributed by atoms with Crippen LogP contribution in [0.15, 0.2) is 60.8 Å². The van der Waals surface area contributed by atoms with Gasteiger partial charge in [-0.2, -0.15) is 0 Å². The first-order valence-electron chi connectivity index (χ1n) is 6.11. The van der Waals surface area contributed by atoms with Crippen LogP contribution in [-0.2, 0) is 0 Å². The van der Waals surface area contributed by atoms with E-state index in [4.69, 9.17) is 0 Å². The number of benzene rings is 2. The minimum Gasteiger partial charge on any atom is -0.260 e. The van der Waals surface area contributed by atoms with Gasteiger partial charge in [-0.3, -0.25) is 4.98 Å². The molecule has 0 saturated carbocycles. The first-order chi connectivity index (χ1) is 9.45. The molecule has 1 aromatic heterocycles. The molecule has 0 amide bonds. The average molecular weight is 241 g/mol. The van der Waals surface area contributed by atoms with E-state index in [1.807, 2.05) is 60.8 Å². The molecule has 19 heavy (non-hydrogen) atoms. The Morgan fingerprint density at radius 1 is 0.842 bits per heavy atom. The lowest BCUT2D eigenvalue weighted by atomic mass is 9.88. The normalized spacial score (nSPS) is 10.6. The number of hydrogen-bond acceptors (Lipinski definition) is 1. The fraction of sp³-hybridized carbons (Fsp3) is 0.0556. The number of hydrogen-bond donors (Lipinski definition) is 0. The van der Waals surface area contributed by atoms with Crippen molar-refractivity contribution in [1.29, 1.82) is 0 Å². The molecule has 0 atom stereocenters. The van der Waals surface area contributed by atoms with Crippen LogP contribution in [-0.4, -0.2) is 4.98 Å². The summed E-state index contributed by atoms with van der Waals surface area (Å²) in [5, 5.41) is 0. The fourth-order valence-corrected chi connectivity index (χ4v) is 2.10. The average Bonchev–Trinajstić information content (AvgIpc) is 2.51. The highest BCUT2D eigenvalue weighted by Crippen LogP contribution is 2.29. The highest BCUT2D eigenvalue weighted by atomic mass is 14.7. The molecule has 1 heterocycles. The summed E-state index contributed by atoms with van der Waals surface area (Å²) in [6.07, 6.45) is 1.81. The van der Waals surface area contributed by atoms with E-state index >= 15 is 0 Å². The quantitative estimate of drug-likeness (QED) is 0.684. The molecule has 0 bridgehead atoms. The topological polar surface area (TPSA) is 12.9 Å². The van der Waals surface area contributed by atoms with E-state index < -0.39 is 0 Å². The van der Waals surface area contributed by atoms with Gasteiger partial charge in [0.1, 0.15) is 0 Å². The smallest absolute Gasteiger partial charge is 0.0525 e. The number of rotatable bonds is 3. The maximum absolute atomic E-state index is 4.46. The van der Waals surface area contributed by atoms with E-state index in [1.165, 1.54) is 0 Å². The van der Waals surface area contributed by atoms with E-state index in [1.54, 1.807) is 0 Å². The maximum atomic E-state index is 4.46. The zero-order valence-corrected chi connectivity index (χ0v) is 10.3. The standard InChI is InChI=1S/C18H11N/c1-3-9-15(10-4-1)18(16-11-5-2-6-12-16)17-13-7-8-14-19-17/h1-3,5,7-8,10,12-14,18H. The molecule has 0 spiro atoms. The lowest BCUT2D eigenvalue weighted by molar-refractivity contribution is 0.914. The minimum atomic E-state index is 0.0242. The van der Waals surface area contributed by atoms with Crippen LogP contribution in [0, 0.1) is 24.3 Å². The van der Waals surface area contributed by atoms with E-state index in [0.717, 1.165) is 16.8 Å². The zero-order valence-electron chi connectivity index (χ0n) is 10.3. The molecule has 88 valence electrons. The molecule has 1 nitrogen and oxygen atoms in total. The van der Waals surface area contributed by atoms with Crippen molar-refractivity contribution < 1.29 is 0 Å². The van der Waals surface area contributed by atoms with Gasteiger partial charge < -0.3 is 0 Å². The SMILES string of the molecule is [c]1cc[c]c(C(c2[c]cc[c]c2)c2ccccn2)c1. The van der Waals surface area contributed by atoms with Gasteiger partial charge >= 0.3 is 0 Å². The first kappa shape index (κ1) is 11.7. The summed E-state index contributed by atoms with van der Waals surface area (Å²) < 4.78 is 0. The van der Waals surface area contributed by atoms with Crippen LogP contribution < -0.4 is 0 Å². The number of nitrogens with zero attached hydrogens (tertiary/aromatic N) is 1. The Balaban J connectivity index is 2.12. The molecule has 3 rings (SSSR count). The molecule has 0 aliphatic heterocycles. The predicted molar refractivity (Wildman–Crippen MR) is 73.4 cm³/mol. The van der Waals surface area contributed by atoms with Gasteiger partial charge in [0.25, 0.3) is 0 Å². The Labute approximate surface area is 113 Å². The Bertz CT molecular complexity index is 524. The molecule has 0 aliphatic rings. The van der Waals surface area contributed by atoms with Crippen LogP contribution in [0.5, 0.6) is 0 Å². The molecule has 2 aromatic carbocycles. The molecule has 0 aliphatic carbocycles. The molecule has 1 heteroatoms. The van der Waals surface area contributed by atoms with Crippen molar-refractivity contribution in [3.05, 3.63) is 102 Å². The summed E-state index contributed by atoms with van der Waals surface area (Å²) in [6, 6.07) is 30.0. The summed E-state index contributed by atoms with van der Waals surface area (Å²) in [6.45, 7) is 0. The van der Waals surface area contributed by atoms with Gasteiger partial charge in [0, 0.05) is 6.20 Å². The minimum absolute atomic E-state index is 0.0242. The lowest BCUT2D eigenvalue weighted by Gasteiger charge is -2.16. The van der Waals surface area contributed by atoms with Crippen molar-refractivity contribution in [1.82, 2.24) is 4.98 Å². The van der Waals surface area contributed by atoms with Gasteiger partial charge in [-0.1, -0.05) is 30.3 Å². The van der Waals surface area contributed by atoms with Crippen molar-refractivity contribution in [2.24, 2.45) is 0 Å². The van der Waals surface area contributed by atoms with Gasteiger partial charge in [0.2, 0.25) is 0 Å². The first-order valence-corrected chi connectivity index (χ1v) is 6.11. The molecular weight excluding hydrogens is 230 g/mol. The second kappa shape index (κ2) is 5.49. The van der Waals surface area contributed by atoms with Crippen molar-refractivity contribution in [2.45, 2.75) is 5.92 Å². The highest BCUT2D eigenvalue weighted by molar-refractivity contribution is 5.38.